The molecule has 0 bridgehead atoms. The summed E-state index contributed by atoms with van der Waals surface area (Å²) in [5, 5.41) is 11.1. The number of nitrogens with zero attached hydrogens (tertiary/aromatic N) is 2. The SMILES string of the molecule is Fc1cc(Br)ccc1N[C@@H](c1nnc(-c2ccccc2)o1)c1ccccc1F. The van der Waals surface area contributed by atoms with Crippen LogP contribution in [0, 0.1) is 11.6 Å². The highest BCUT2D eigenvalue weighted by Crippen LogP contribution is 2.31. The Kier molecular flexibility index (Phi) is 5.16. The molecule has 4 rings (SSSR count). The Bertz CT molecular complexity index is 1100. The predicted molar refractivity (Wildman–Crippen MR) is 106 cm³/mol. The second-order valence-corrected chi connectivity index (χ2v) is 6.95. The van der Waals surface area contributed by atoms with E-state index in [1.165, 1.54) is 12.1 Å². The van der Waals surface area contributed by atoms with Crippen molar-refractivity contribution >= 4 is 21.6 Å². The molecule has 4 aromatic rings. The van der Waals surface area contributed by atoms with Crippen molar-refractivity contribution in [3.05, 3.63) is 100 Å². The molecule has 0 radical (unpaired) electrons. The third kappa shape index (κ3) is 3.80. The van der Waals surface area contributed by atoms with Crippen LogP contribution in [0.25, 0.3) is 11.5 Å². The van der Waals surface area contributed by atoms with Gasteiger partial charge >= 0.3 is 0 Å². The molecular formula is C21H14BrF2N3O. The van der Waals surface area contributed by atoms with Gasteiger partial charge < -0.3 is 9.73 Å². The molecule has 3 aromatic carbocycles. The van der Waals surface area contributed by atoms with Gasteiger partial charge in [-0.1, -0.05) is 52.3 Å². The fourth-order valence-corrected chi connectivity index (χ4v) is 3.13. The maximum atomic E-state index is 14.5. The second-order valence-electron chi connectivity index (χ2n) is 6.03. The molecule has 0 unspecified atom stereocenters. The van der Waals surface area contributed by atoms with Crippen LogP contribution in [-0.2, 0) is 0 Å². The number of rotatable bonds is 5. The Morgan fingerprint density at radius 2 is 1.61 bits per heavy atom. The topological polar surface area (TPSA) is 51.0 Å². The number of anilines is 1. The highest BCUT2D eigenvalue weighted by atomic mass is 79.9. The molecule has 0 saturated heterocycles. The molecule has 1 aromatic heterocycles. The Balaban J connectivity index is 1.76. The molecule has 0 aliphatic carbocycles. The van der Waals surface area contributed by atoms with Crippen molar-refractivity contribution in [2.45, 2.75) is 6.04 Å². The summed E-state index contributed by atoms with van der Waals surface area (Å²) in [6.07, 6.45) is 0. The lowest BCUT2D eigenvalue weighted by atomic mass is 10.1. The summed E-state index contributed by atoms with van der Waals surface area (Å²) in [6, 6.07) is 19.1. The summed E-state index contributed by atoms with van der Waals surface area (Å²) < 4.78 is 35.2. The average Bonchev–Trinajstić information content (AvgIpc) is 3.19. The number of nitrogens with one attached hydrogen (secondary N) is 1. The van der Waals surface area contributed by atoms with Crippen LogP contribution in [0.4, 0.5) is 14.5 Å². The van der Waals surface area contributed by atoms with E-state index in [2.05, 4.69) is 31.4 Å². The van der Waals surface area contributed by atoms with Crippen molar-refractivity contribution in [2.75, 3.05) is 5.32 Å². The lowest BCUT2D eigenvalue weighted by molar-refractivity contribution is 0.484. The van der Waals surface area contributed by atoms with Crippen LogP contribution in [0.1, 0.15) is 17.5 Å². The quantitative estimate of drug-likeness (QED) is 0.413. The summed E-state index contributed by atoms with van der Waals surface area (Å²) in [4.78, 5) is 0. The largest absolute Gasteiger partial charge is 0.418 e. The number of hydrogen-bond donors (Lipinski definition) is 1. The lowest BCUT2D eigenvalue weighted by Gasteiger charge is -2.18. The third-order valence-electron chi connectivity index (χ3n) is 4.16. The van der Waals surface area contributed by atoms with E-state index < -0.39 is 17.7 Å². The molecule has 0 saturated carbocycles. The molecule has 1 heterocycles. The molecular weight excluding hydrogens is 428 g/mol. The molecule has 1 N–H and O–H groups in total. The van der Waals surface area contributed by atoms with Crippen LogP contribution in [0.5, 0.6) is 0 Å². The van der Waals surface area contributed by atoms with E-state index in [0.29, 0.717) is 10.4 Å². The van der Waals surface area contributed by atoms with Crippen LogP contribution in [0.15, 0.2) is 81.7 Å². The van der Waals surface area contributed by atoms with Crippen LogP contribution < -0.4 is 5.32 Å². The zero-order chi connectivity index (χ0) is 19.5. The Morgan fingerprint density at radius 1 is 0.857 bits per heavy atom. The average molecular weight is 442 g/mol. The first-order chi connectivity index (χ1) is 13.6. The van der Waals surface area contributed by atoms with Gasteiger partial charge in [-0.05, 0) is 36.4 Å². The summed E-state index contributed by atoms with van der Waals surface area (Å²) in [5.74, 6) is -0.517. The van der Waals surface area contributed by atoms with E-state index in [4.69, 9.17) is 4.42 Å². The highest BCUT2D eigenvalue weighted by Gasteiger charge is 2.25. The molecule has 7 heteroatoms. The summed E-state index contributed by atoms with van der Waals surface area (Å²) in [6.45, 7) is 0. The van der Waals surface area contributed by atoms with Gasteiger partial charge in [-0.25, -0.2) is 8.78 Å². The normalized spacial score (nSPS) is 12.0. The van der Waals surface area contributed by atoms with Crippen molar-refractivity contribution in [3.63, 3.8) is 0 Å². The Hall–Kier alpha value is -3.06. The van der Waals surface area contributed by atoms with E-state index in [1.807, 2.05) is 30.3 Å². The van der Waals surface area contributed by atoms with Crippen molar-refractivity contribution < 1.29 is 13.2 Å². The minimum Gasteiger partial charge on any atom is -0.418 e. The maximum Gasteiger partial charge on any atom is 0.247 e. The predicted octanol–water partition coefficient (Wildman–Crippen LogP) is 5.98. The van der Waals surface area contributed by atoms with Gasteiger partial charge in [0.2, 0.25) is 11.8 Å². The van der Waals surface area contributed by atoms with Crippen LogP contribution >= 0.6 is 15.9 Å². The minimum atomic E-state index is -0.859. The third-order valence-corrected chi connectivity index (χ3v) is 4.65. The van der Waals surface area contributed by atoms with E-state index in [0.717, 1.165) is 5.56 Å². The van der Waals surface area contributed by atoms with E-state index in [9.17, 15) is 8.78 Å². The summed E-state index contributed by atoms with van der Waals surface area (Å²) in [5.41, 5.74) is 1.20. The van der Waals surface area contributed by atoms with Crippen molar-refractivity contribution in [3.8, 4) is 11.5 Å². The first-order valence-electron chi connectivity index (χ1n) is 8.46. The van der Waals surface area contributed by atoms with Crippen molar-refractivity contribution in [2.24, 2.45) is 0 Å². The van der Waals surface area contributed by atoms with Gasteiger partial charge in [-0.15, -0.1) is 10.2 Å². The van der Waals surface area contributed by atoms with Crippen LogP contribution in [0.3, 0.4) is 0 Å². The van der Waals surface area contributed by atoms with Crippen LogP contribution in [-0.4, -0.2) is 10.2 Å². The summed E-state index contributed by atoms with van der Waals surface area (Å²) in [7, 11) is 0. The van der Waals surface area contributed by atoms with Crippen molar-refractivity contribution in [1.82, 2.24) is 10.2 Å². The van der Waals surface area contributed by atoms with E-state index >= 15 is 0 Å². The van der Waals surface area contributed by atoms with Gasteiger partial charge in [0.1, 0.15) is 17.7 Å². The molecule has 0 amide bonds. The lowest BCUT2D eigenvalue weighted by Crippen LogP contribution is -2.15. The first kappa shape index (κ1) is 18.3. The zero-order valence-corrected chi connectivity index (χ0v) is 16.0. The van der Waals surface area contributed by atoms with E-state index in [1.54, 1.807) is 30.3 Å². The Morgan fingerprint density at radius 3 is 2.36 bits per heavy atom. The van der Waals surface area contributed by atoms with Gasteiger partial charge in [-0.2, -0.15) is 0 Å². The number of hydrogen-bond acceptors (Lipinski definition) is 4. The standard InChI is InChI=1S/C21H14BrF2N3O/c22-14-10-11-18(17(24)12-14)25-19(15-8-4-5-9-16(15)23)21-27-26-20(28-21)13-6-2-1-3-7-13/h1-12,19,25H/t19-/m1/s1. The monoisotopic (exact) mass is 441 g/mol. The first-order valence-corrected chi connectivity index (χ1v) is 9.26. The van der Waals surface area contributed by atoms with Crippen LogP contribution in [0.2, 0.25) is 0 Å². The van der Waals surface area contributed by atoms with E-state index in [-0.39, 0.29) is 17.1 Å². The summed E-state index contributed by atoms with van der Waals surface area (Å²) >= 11 is 3.22. The second kappa shape index (κ2) is 7.90. The maximum absolute atomic E-state index is 14.5. The molecule has 0 aliphatic heterocycles. The number of aromatic nitrogens is 2. The molecule has 28 heavy (non-hydrogen) atoms. The number of halogens is 3. The van der Waals surface area contributed by atoms with Gasteiger partial charge in [0.05, 0.1) is 5.69 Å². The van der Waals surface area contributed by atoms with Gasteiger partial charge in [0.15, 0.2) is 0 Å². The smallest absolute Gasteiger partial charge is 0.247 e. The highest BCUT2D eigenvalue weighted by molar-refractivity contribution is 9.10. The number of benzene rings is 3. The molecule has 1 atom stereocenters. The minimum absolute atomic E-state index is 0.131. The Labute approximate surface area is 168 Å². The fraction of sp³-hybridized carbons (Fsp3) is 0.0476. The molecule has 4 nitrogen and oxygen atoms in total. The van der Waals surface area contributed by atoms with Gasteiger partial charge in [0, 0.05) is 15.6 Å². The zero-order valence-electron chi connectivity index (χ0n) is 14.4. The molecule has 140 valence electrons. The molecule has 0 spiro atoms. The molecule has 0 fully saturated rings. The fourth-order valence-electron chi connectivity index (χ4n) is 2.79. The van der Waals surface area contributed by atoms with Gasteiger partial charge in [0.25, 0.3) is 0 Å². The molecule has 0 aliphatic rings. The van der Waals surface area contributed by atoms with Gasteiger partial charge in [-0.3, -0.25) is 0 Å². The van der Waals surface area contributed by atoms with Crippen molar-refractivity contribution in [1.29, 1.82) is 0 Å².